The molecule has 5 heteroatoms. The van der Waals surface area contributed by atoms with Gasteiger partial charge < -0.3 is 11.1 Å². The van der Waals surface area contributed by atoms with Gasteiger partial charge in [-0.1, -0.05) is 60.7 Å². The van der Waals surface area contributed by atoms with E-state index in [4.69, 9.17) is 5.73 Å². The Morgan fingerprint density at radius 3 is 2.33 bits per heavy atom. The SMILES string of the molecule is CC(NC(=O)[C@@H](N)Cc1ccccc1)C1CCN(Cc2ccccc2)C1.Cl. The van der Waals surface area contributed by atoms with Crippen LogP contribution < -0.4 is 11.1 Å². The lowest BCUT2D eigenvalue weighted by molar-refractivity contribution is -0.123. The first-order chi connectivity index (χ1) is 12.6. The van der Waals surface area contributed by atoms with Gasteiger partial charge in [0.1, 0.15) is 0 Å². The van der Waals surface area contributed by atoms with Crippen LogP contribution in [0.1, 0.15) is 24.5 Å². The van der Waals surface area contributed by atoms with Gasteiger partial charge in [-0.05, 0) is 43.4 Å². The molecule has 146 valence electrons. The fourth-order valence-electron chi connectivity index (χ4n) is 3.67. The van der Waals surface area contributed by atoms with E-state index in [0.717, 1.165) is 31.6 Å². The highest BCUT2D eigenvalue weighted by Gasteiger charge is 2.28. The molecule has 1 heterocycles. The van der Waals surface area contributed by atoms with Gasteiger partial charge in [0, 0.05) is 19.1 Å². The molecule has 2 unspecified atom stereocenters. The Kier molecular flexibility index (Phi) is 8.29. The van der Waals surface area contributed by atoms with E-state index in [1.165, 1.54) is 5.56 Å². The van der Waals surface area contributed by atoms with Crippen LogP contribution in [0.5, 0.6) is 0 Å². The van der Waals surface area contributed by atoms with Crippen molar-refractivity contribution in [3.05, 3.63) is 71.8 Å². The number of likely N-dealkylation sites (tertiary alicyclic amines) is 1. The Labute approximate surface area is 168 Å². The molecule has 3 N–H and O–H groups in total. The van der Waals surface area contributed by atoms with Gasteiger partial charge in [0.2, 0.25) is 5.91 Å². The summed E-state index contributed by atoms with van der Waals surface area (Å²) in [7, 11) is 0. The monoisotopic (exact) mass is 387 g/mol. The van der Waals surface area contributed by atoms with Crippen LogP contribution in [-0.2, 0) is 17.8 Å². The molecular formula is C22H30ClN3O. The Morgan fingerprint density at radius 1 is 1.11 bits per heavy atom. The molecule has 0 saturated carbocycles. The summed E-state index contributed by atoms with van der Waals surface area (Å²) in [6.07, 6.45) is 1.69. The number of carbonyl (C=O) groups excluding carboxylic acids is 1. The van der Waals surface area contributed by atoms with Gasteiger partial charge in [0.15, 0.2) is 0 Å². The quantitative estimate of drug-likeness (QED) is 0.767. The van der Waals surface area contributed by atoms with Gasteiger partial charge in [-0.25, -0.2) is 0 Å². The zero-order valence-corrected chi connectivity index (χ0v) is 16.7. The van der Waals surface area contributed by atoms with E-state index >= 15 is 0 Å². The second-order valence-corrected chi connectivity index (χ2v) is 7.36. The first-order valence-electron chi connectivity index (χ1n) is 9.48. The lowest BCUT2D eigenvalue weighted by Crippen LogP contribution is -2.48. The number of nitrogens with one attached hydrogen (secondary N) is 1. The zero-order chi connectivity index (χ0) is 18.4. The summed E-state index contributed by atoms with van der Waals surface area (Å²) in [6.45, 7) is 5.18. The molecule has 3 rings (SSSR count). The van der Waals surface area contributed by atoms with E-state index in [0.29, 0.717) is 12.3 Å². The Morgan fingerprint density at radius 2 is 1.70 bits per heavy atom. The number of carbonyl (C=O) groups is 1. The van der Waals surface area contributed by atoms with Gasteiger partial charge in [-0.15, -0.1) is 12.4 Å². The van der Waals surface area contributed by atoms with Crippen molar-refractivity contribution in [1.82, 2.24) is 10.2 Å². The molecule has 1 aliphatic rings. The molecule has 0 bridgehead atoms. The third kappa shape index (κ3) is 6.35. The number of nitrogens with two attached hydrogens (primary N) is 1. The average molecular weight is 388 g/mol. The van der Waals surface area contributed by atoms with Crippen molar-refractivity contribution in [2.75, 3.05) is 13.1 Å². The predicted octanol–water partition coefficient (Wildman–Crippen LogP) is 3.01. The summed E-state index contributed by atoms with van der Waals surface area (Å²) in [5.41, 5.74) is 8.54. The molecule has 1 amide bonds. The van der Waals surface area contributed by atoms with Gasteiger partial charge in [0.05, 0.1) is 6.04 Å². The summed E-state index contributed by atoms with van der Waals surface area (Å²) in [5.74, 6) is 0.425. The van der Waals surface area contributed by atoms with Gasteiger partial charge in [-0.3, -0.25) is 9.69 Å². The number of halogens is 1. The largest absolute Gasteiger partial charge is 0.352 e. The van der Waals surface area contributed by atoms with Gasteiger partial charge in [-0.2, -0.15) is 0 Å². The highest BCUT2D eigenvalue weighted by molar-refractivity contribution is 5.85. The molecule has 0 aromatic heterocycles. The van der Waals surface area contributed by atoms with Gasteiger partial charge in [0.25, 0.3) is 0 Å². The highest BCUT2D eigenvalue weighted by Crippen LogP contribution is 2.21. The molecule has 2 aromatic carbocycles. The second kappa shape index (κ2) is 10.5. The van der Waals surface area contributed by atoms with Crippen LogP contribution in [-0.4, -0.2) is 36.0 Å². The van der Waals surface area contributed by atoms with E-state index in [-0.39, 0.29) is 24.4 Å². The number of benzene rings is 2. The van der Waals surface area contributed by atoms with Crippen molar-refractivity contribution in [2.45, 2.75) is 38.4 Å². The van der Waals surface area contributed by atoms with E-state index < -0.39 is 6.04 Å². The summed E-state index contributed by atoms with van der Waals surface area (Å²) in [6, 6.07) is 20.1. The van der Waals surface area contributed by atoms with Crippen LogP contribution in [0.2, 0.25) is 0 Å². The Balaban J connectivity index is 0.00000261. The van der Waals surface area contributed by atoms with E-state index in [2.05, 4.69) is 41.4 Å². The van der Waals surface area contributed by atoms with Crippen LogP contribution in [0, 0.1) is 5.92 Å². The molecule has 0 aliphatic carbocycles. The van der Waals surface area contributed by atoms with Crippen molar-refractivity contribution in [2.24, 2.45) is 11.7 Å². The summed E-state index contributed by atoms with van der Waals surface area (Å²) in [5, 5.41) is 3.14. The maximum atomic E-state index is 12.4. The normalized spacial score (nSPS) is 19.1. The van der Waals surface area contributed by atoms with Crippen molar-refractivity contribution >= 4 is 18.3 Å². The first-order valence-corrected chi connectivity index (χ1v) is 9.48. The molecule has 0 spiro atoms. The van der Waals surface area contributed by atoms with E-state index in [1.807, 2.05) is 36.4 Å². The van der Waals surface area contributed by atoms with Crippen molar-refractivity contribution in [1.29, 1.82) is 0 Å². The fourth-order valence-corrected chi connectivity index (χ4v) is 3.67. The smallest absolute Gasteiger partial charge is 0.237 e. The minimum atomic E-state index is -0.498. The van der Waals surface area contributed by atoms with Gasteiger partial charge >= 0.3 is 0 Å². The molecule has 0 radical (unpaired) electrons. The molecule has 4 nitrogen and oxygen atoms in total. The lowest BCUT2D eigenvalue weighted by atomic mass is 9.99. The number of hydrogen-bond acceptors (Lipinski definition) is 3. The summed E-state index contributed by atoms with van der Waals surface area (Å²) < 4.78 is 0. The van der Waals surface area contributed by atoms with Crippen molar-refractivity contribution in [3.8, 4) is 0 Å². The minimum absolute atomic E-state index is 0. The lowest BCUT2D eigenvalue weighted by Gasteiger charge is -2.23. The molecule has 2 aromatic rings. The Hall–Kier alpha value is -1.88. The van der Waals surface area contributed by atoms with Crippen LogP contribution in [0.25, 0.3) is 0 Å². The number of nitrogens with zero attached hydrogens (tertiary/aromatic N) is 1. The number of amides is 1. The maximum Gasteiger partial charge on any atom is 0.237 e. The topological polar surface area (TPSA) is 58.4 Å². The van der Waals surface area contributed by atoms with Crippen molar-refractivity contribution < 1.29 is 4.79 Å². The summed E-state index contributed by atoms with van der Waals surface area (Å²) in [4.78, 5) is 14.9. The van der Waals surface area contributed by atoms with Crippen LogP contribution in [0.3, 0.4) is 0 Å². The average Bonchev–Trinajstić information content (AvgIpc) is 3.12. The van der Waals surface area contributed by atoms with E-state index in [9.17, 15) is 4.79 Å². The second-order valence-electron chi connectivity index (χ2n) is 7.36. The molecule has 3 atom stereocenters. The maximum absolute atomic E-state index is 12.4. The molecule has 1 fully saturated rings. The first kappa shape index (κ1) is 21.4. The molecule has 27 heavy (non-hydrogen) atoms. The van der Waals surface area contributed by atoms with Crippen LogP contribution >= 0.6 is 12.4 Å². The molecule has 1 aliphatic heterocycles. The Bertz CT molecular complexity index is 695. The third-order valence-electron chi connectivity index (χ3n) is 5.27. The minimum Gasteiger partial charge on any atom is -0.352 e. The third-order valence-corrected chi connectivity index (χ3v) is 5.27. The number of hydrogen-bond donors (Lipinski definition) is 2. The predicted molar refractivity (Wildman–Crippen MR) is 113 cm³/mol. The molecule has 1 saturated heterocycles. The van der Waals surface area contributed by atoms with Crippen molar-refractivity contribution in [3.63, 3.8) is 0 Å². The van der Waals surface area contributed by atoms with Crippen LogP contribution in [0.15, 0.2) is 60.7 Å². The van der Waals surface area contributed by atoms with Crippen LogP contribution in [0.4, 0.5) is 0 Å². The zero-order valence-electron chi connectivity index (χ0n) is 15.9. The van der Waals surface area contributed by atoms with E-state index in [1.54, 1.807) is 0 Å². The standard InChI is InChI=1S/C22H29N3O.ClH/c1-17(24-22(26)21(23)14-18-8-4-2-5-9-18)20-12-13-25(16-20)15-19-10-6-3-7-11-19;/h2-11,17,20-21H,12-16,23H2,1H3,(H,24,26);1H/t17?,20?,21-;/m0./s1. The molecular weight excluding hydrogens is 358 g/mol. The fraction of sp³-hybridized carbons (Fsp3) is 0.409. The number of rotatable bonds is 7. The summed E-state index contributed by atoms with van der Waals surface area (Å²) >= 11 is 0. The highest BCUT2D eigenvalue weighted by atomic mass is 35.5.